The van der Waals surface area contributed by atoms with Crippen LogP contribution < -0.4 is 0 Å². The summed E-state index contributed by atoms with van der Waals surface area (Å²) in [4.78, 5) is 0. The first-order chi connectivity index (χ1) is 17.7. The Morgan fingerprint density at radius 1 is 0.389 bits per heavy atom. The van der Waals surface area contributed by atoms with Crippen molar-refractivity contribution < 1.29 is 0 Å². The number of fused-ring (bicyclic) bond motifs is 4. The number of rotatable bonds is 2. The van der Waals surface area contributed by atoms with Crippen molar-refractivity contribution in [2.45, 2.75) is 51.4 Å². The molecule has 0 bridgehead atoms. The van der Waals surface area contributed by atoms with Gasteiger partial charge in [0.25, 0.3) is 0 Å². The van der Waals surface area contributed by atoms with Gasteiger partial charge in [0, 0.05) is 8.95 Å². The molecule has 0 amide bonds. The second-order valence-electron chi connectivity index (χ2n) is 10.4. The summed E-state index contributed by atoms with van der Waals surface area (Å²) < 4.78 is 2.54. The molecule has 7 rings (SSSR count). The predicted octanol–water partition coefficient (Wildman–Crippen LogP) is 10.6. The molecule has 0 N–H and O–H groups in total. The van der Waals surface area contributed by atoms with Gasteiger partial charge in [-0.25, -0.2) is 0 Å². The Morgan fingerprint density at radius 2 is 0.722 bits per heavy atom. The first-order valence-corrected chi connectivity index (χ1v) is 14.9. The fourth-order valence-corrected chi connectivity index (χ4v) is 7.96. The van der Waals surface area contributed by atoms with Crippen molar-refractivity contribution in [1.29, 1.82) is 0 Å². The highest BCUT2D eigenvalue weighted by Crippen LogP contribution is 2.48. The molecule has 0 fully saturated rings. The van der Waals surface area contributed by atoms with E-state index in [0.29, 0.717) is 0 Å². The molecule has 0 heterocycles. The maximum Gasteiger partial charge on any atom is 0.0210 e. The van der Waals surface area contributed by atoms with Gasteiger partial charge in [0.1, 0.15) is 0 Å². The third-order valence-corrected chi connectivity index (χ3v) is 9.91. The molecule has 0 atom stereocenters. The zero-order valence-corrected chi connectivity index (χ0v) is 23.5. The molecule has 36 heavy (non-hydrogen) atoms. The van der Waals surface area contributed by atoms with E-state index >= 15 is 0 Å². The van der Waals surface area contributed by atoms with Crippen molar-refractivity contribution in [3.8, 4) is 22.3 Å². The largest absolute Gasteiger partial charge is 0.0616 e. The fourth-order valence-electron chi connectivity index (χ4n) is 6.82. The van der Waals surface area contributed by atoms with E-state index in [-0.39, 0.29) is 0 Å². The zero-order valence-electron chi connectivity index (χ0n) is 20.3. The molecule has 0 unspecified atom stereocenters. The monoisotopic (exact) mass is 594 g/mol. The molecule has 0 nitrogen and oxygen atoms in total. The van der Waals surface area contributed by atoms with Gasteiger partial charge in [0.2, 0.25) is 0 Å². The van der Waals surface area contributed by atoms with Gasteiger partial charge in [-0.3, -0.25) is 0 Å². The van der Waals surface area contributed by atoms with Gasteiger partial charge >= 0.3 is 0 Å². The maximum atomic E-state index is 3.87. The van der Waals surface area contributed by atoms with Crippen LogP contribution in [0.4, 0.5) is 0 Å². The van der Waals surface area contributed by atoms with E-state index in [2.05, 4.69) is 105 Å². The van der Waals surface area contributed by atoms with E-state index in [9.17, 15) is 0 Å². The summed E-state index contributed by atoms with van der Waals surface area (Å²) in [6.07, 6.45) is 9.77. The fraction of sp³-hybridized carbons (Fsp3) is 0.235. The second kappa shape index (κ2) is 9.15. The summed E-state index contributed by atoms with van der Waals surface area (Å²) in [5, 5.41) is 5.48. The number of hydrogen-bond donors (Lipinski definition) is 0. The van der Waals surface area contributed by atoms with Gasteiger partial charge in [0.15, 0.2) is 0 Å². The molecule has 0 saturated carbocycles. The molecule has 0 spiro atoms. The lowest BCUT2D eigenvalue weighted by atomic mass is 9.79. The topological polar surface area (TPSA) is 0 Å². The summed E-state index contributed by atoms with van der Waals surface area (Å²) in [7, 11) is 0. The van der Waals surface area contributed by atoms with Gasteiger partial charge in [-0.1, -0.05) is 92.5 Å². The second-order valence-corrected chi connectivity index (χ2v) is 12.1. The van der Waals surface area contributed by atoms with Crippen molar-refractivity contribution in [3.63, 3.8) is 0 Å². The molecule has 2 heteroatoms. The third kappa shape index (κ3) is 3.52. The summed E-state index contributed by atoms with van der Waals surface area (Å²) in [6.45, 7) is 0. The molecule has 178 valence electrons. The Balaban J connectivity index is 1.62. The number of benzene rings is 5. The van der Waals surface area contributed by atoms with E-state index < -0.39 is 0 Å². The summed E-state index contributed by atoms with van der Waals surface area (Å²) in [5.41, 5.74) is 11.8. The first kappa shape index (κ1) is 22.8. The number of hydrogen-bond acceptors (Lipinski definition) is 0. The first-order valence-electron chi connectivity index (χ1n) is 13.3. The molecule has 5 aromatic carbocycles. The van der Waals surface area contributed by atoms with Crippen LogP contribution >= 0.6 is 31.9 Å². The van der Waals surface area contributed by atoms with Gasteiger partial charge in [-0.2, -0.15) is 0 Å². The average Bonchev–Trinajstić information content (AvgIpc) is 2.93. The van der Waals surface area contributed by atoms with Gasteiger partial charge in [0.05, 0.1) is 0 Å². The highest BCUT2D eigenvalue weighted by atomic mass is 79.9. The molecule has 0 saturated heterocycles. The van der Waals surface area contributed by atoms with E-state index in [0.717, 1.165) is 12.8 Å². The average molecular weight is 596 g/mol. The smallest absolute Gasteiger partial charge is 0.0210 e. The van der Waals surface area contributed by atoms with Gasteiger partial charge < -0.3 is 0 Å². The van der Waals surface area contributed by atoms with E-state index in [1.807, 2.05) is 0 Å². The standard InChI is InChI=1S/C34H28Br2/c35-31-19-17-29(21-9-1-3-11-23(21)31)33-25-13-5-7-15-27(25)34(28-16-8-6-14-26(28)33)30-18-20-32(36)24-12-4-2-10-22(24)30/h5-8,13-20H,1-4,9-12H2. The van der Waals surface area contributed by atoms with Crippen LogP contribution in [0.15, 0.2) is 81.7 Å². The van der Waals surface area contributed by atoms with Gasteiger partial charge in [-0.15, -0.1) is 0 Å². The SMILES string of the molecule is Brc1ccc(-c2c3ccccc3c(-c3ccc(Br)c4c3CCCC4)c3ccccc23)c2c1CCCC2. The van der Waals surface area contributed by atoms with Crippen molar-refractivity contribution in [2.75, 3.05) is 0 Å². The lowest BCUT2D eigenvalue weighted by Gasteiger charge is -2.26. The summed E-state index contributed by atoms with van der Waals surface area (Å²) >= 11 is 7.73. The molecule has 0 aliphatic heterocycles. The van der Waals surface area contributed by atoms with Crippen LogP contribution in [0.1, 0.15) is 47.9 Å². The van der Waals surface area contributed by atoms with Crippen LogP contribution in [-0.2, 0) is 25.7 Å². The quantitative estimate of drug-likeness (QED) is 0.178. The summed E-state index contributed by atoms with van der Waals surface area (Å²) in [5.74, 6) is 0. The Hall–Kier alpha value is -2.42. The molecule has 0 radical (unpaired) electrons. The van der Waals surface area contributed by atoms with Crippen molar-refractivity contribution in [1.82, 2.24) is 0 Å². The lowest BCUT2D eigenvalue weighted by molar-refractivity contribution is 0.684. The molecular weight excluding hydrogens is 568 g/mol. The Kier molecular flexibility index (Phi) is 5.78. The molecule has 2 aliphatic carbocycles. The van der Waals surface area contributed by atoms with Crippen molar-refractivity contribution in [3.05, 3.63) is 104 Å². The number of halogens is 2. The van der Waals surface area contributed by atoms with Crippen LogP contribution in [0.3, 0.4) is 0 Å². The minimum atomic E-state index is 1.16. The Labute approximate surface area is 230 Å². The van der Waals surface area contributed by atoms with E-state index in [1.165, 1.54) is 102 Å². The maximum absolute atomic E-state index is 3.87. The molecule has 2 aliphatic rings. The van der Waals surface area contributed by atoms with Crippen LogP contribution in [-0.4, -0.2) is 0 Å². The van der Waals surface area contributed by atoms with Gasteiger partial charge in [-0.05, 0) is 130 Å². The lowest BCUT2D eigenvalue weighted by Crippen LogP contribution is -2.07. The highest BCUT2D eigenvalue weighted by molar-refractivity contribution is 9.10. The van der Waals surface area contributed by atoms with Crippen LogP contribution in [0.5, 0.6) is 0 Å². The molecule has 0 aromatic heterocycles. The zero-order chi connectivity index (χ0) is 24.2. The van der Waals surface area contributed by atoms with Crippen molar-refractivity contribution >= 4 is 53.4 Å². The van der Waals surface area contributed by atoms with Crippen LogP contribution in [0.25, 0.3) is 43.8 Å². The Morgan fingerprint density at radius 3 is 1.08 bits per heavy atom. The Bertz CT molecular complexity index is 1480. The predicted molar refractivity (Wildman–Crippen MR) is 161 cm³/mol. The van der Waals surface area contributed by atoms with Crippen LogP contribution in [0.2, 0.25) is 0 Å². The molecule has 5 aromatic rings. The molecular formula is C34H28Br2. The summed E-state index contributed by atoms with van der Waals surface area (Å²) in [6, 6.07) is 27.6. The third-order valence-electron chi connectivity index (χ3n) is 8.43. The highest BCUT2D eigenvalue weighted by Gasteiger charge is 2.24. The van der Waals surface area contributed by atoms with E-state index in [1.54, 1.807) is 11.1 Å². The minimum Gasteiger partial charge on any atom is -0.0616 e. The normalized spacial score (nSPS) is 15.2. The van der Waals surface area contributed by atoms with Crippen molar-refractivity contribution in [2.24, 2.45) is 0 Å². The van der Waals surface area contributed by atoms with E-state index in [4.69, 9.17) is 0 Å². The van der Waals surface area contributed by atoms with Crippen LogP contribution in [0, 0.1) is 0 Å². The minimum absolute atomic E-state index is 1.16.